The van der Waals surface area contributed by atoms with Crippen molar-refractivity contribution in [1.82, 2.24) is 10.1 Å². The van der Waals surface area contributed by atoms with E-state index in [2.05, 4.69) is 10.1 Å². The first kappa shape index (κ1) is 10.1. The molecule has 1 aromatic heterocycles. The lowest BCUT2D eigenvalue weighted by Gasteiger charge is -2.00. The molecule has 0 aliphatic heterocycles. The Bertz CT molecular complexity index is 532. The second-order valence-corrected chi connectivity index (χ2v) is 2.99. The number of carbonyl (C=O) groups is 1. The van der Waals surface area contributed by atoms with E-state index in [0.717, 1.165) is 0 Å². The lowest BCUT2D eigenvalue weighted by Crippen LogP contribution is -2.12. The molecule has 0 saturated heterocycles. The fourth-order valence-electron chi connectivity index (χ4n) is 1.19. The molecule has 16 heavy (non-hydrogen) atoms. The second kappa shape index (κ2) is 3.61. The van der Waals surface area contributed by atoms with Crippen molar-refractivity contribution in [2.24, 2.45) is 5.73 Å². The first-order valence-electron chi connectivity index (χ1n) is 4.27. The Labute approximate surface area is 89.0 Å². The van der Waals surface area contributed by atoms with Gasteiger partial charge in [0.1, 0.15) is 5.82 Å². The molecule has 6 nitrogen and oxygen atoms in total. The fraction of sp³-hybridized carbons (Fsp3) is 0. The van der Waals surface area contributed by atoms with Crippen molar-refractivity contribution in [2.45, 2.75) is 0 Å². The minimum absolute atomic E-state index is 0.0394. The van der Waals surface area contributed by atoms with E-state index in [0.29, 0.717) is 0 Å². The predicted molar refractivity (Wildman–Crippen MR) is 52.6 cm³/mol. The van der Waals surface area contributed by atoms with Gasteiger partial charge in [0.2, 0.25) is 0 Å². The number of benzene rings is 1. The van der Waals surface area contributed by atoms with Crippen LogP contribution in [0.3, 0.4) is 0 Å². The van der Waals surface area contributed by atoms with Crippen LogP contribution >= 0.6 is 0 Å². The summed E-state index contributed by atoms with van der Waals surface area (Å²) in [5.74, 6) is -1.97. The van der Waals surface area contributed by atoms with E-state index in [1.54, 1.807) is 0 Å². The van der Waals surface area contributed by atoms with Gasteiger partial charge in [-0.3, -0.25) is 4.79 Å². The molecule has 1 aromatic carbocycles. The monoisotopic (exact) mass is 222 g/mol. The molecule has 0 atom stereocenters. The zero-order valence-electron chi connectivity index (χ0n) is 7.98. The second-order valence-electron chi connectivity index (χ2n) is 2.99. The van der Waals surface area contributed by atoms with Crippen LogP contribution in [0.1, 0.15) is 10.6 Å². The zero-order chi connectivity index (χ0) is 11.7. The standard InChI is InChI=1S/C9H7FN4O2/c10-4-2-1-3-5(11)6(4)9-13-8(7(12)15)14-16-9/h1-3H,11H2,(H2,12,15). The van der Waals surface area contributed by atoms with E-state index < -0.39 is 11.7 Å². The normalized spacial score (nSPS) is 10.3. The molecule has 1 amide bonds. The fourth-order valence-corrected chi connectivity index (χ4v) is 1.19. The Morgan fingerprint density at radius 2 is 2.19 bits per heavy atom. The highest BCUT2D eigenvalue weighted by molar-refractivity contribution is 5.89. The summed E-state index contributed by atoms with van der Waals surface area (Å²) < 4.78 is 18.1. The van der Waals surface area contributed by atoms with E-state index in [-0.39, 0.29) is 23.0 Å². The molecule has 82 valence electrons. The third kappa shape index (κ3) is 1.58. The smallest absolute Gasteiger partial charge is 0.290 e. The van der Waals surface area contributed by atoms with Crippen LogP contribution in [0.25, 0.3) is 11.5 Å². The van der Waals surface area contributed by atoms with Crippen LogP contribution < -0.4 is 11.5 Å². The minimum Gasteiger partial charge on any atom is -0.398 e. The van der Waals surface area contributed by atoms with Gasteiger partial charge in [0, 0.05) is 5.69 Å². The largest absolute Gasteiger partial charge is 0.398 e. The molecule has 0 unspecified atom stereocenters. The van der Waals surface area contributed by atoms with E-state index in [1.165, 1.54) is 18.2 Å². The van der Waals surface area contributed by atoms with E-state index >= 15 is 0 Å². The maximum atomic E-state index is 13.4. The van der Waals surface area contributed by atoms with Crippen molar-refractivity contribution < 1.29 is 13.7 Å². The van der Waals surface area contributed by atoms with Gasteiger partial charge in [-0.05, 0) is 12.1 Å². The van der Waals surface area contributed by atoms with Crippen molar-refractivity contribution in [2.75, 3.05) is 5.73 Å². The molecule has 0 saturated carbocycles. The lowest BCUT2D eigenvalue weighted by molar-refractivity contribution is 0.0987. The Balaban J connectivity index is 2.54. The number of nitrogens with two attached hydrogens (primary N) is 2. The summed E-state index contributed by atoms with van der Waals surface area (Å²) in [7, 11) is 0. The molecule has 2 rings (SSSR count). The zero-order valence-corrected chi connectivity index (χ0v) is 7.98. The quantitative estimate of drug-likeness (QED) is 0.721. The van der Waals surface area contributed by atoms with Crippen molar-refractivity contribution in [3.05, 3.63) is 29.8 Å². The number of aromatic nitrogens is 2. The van der Waals surface area contributed by atoms with Crippen molar-refractivity contribution in [3.8, 4) is 11.5 Å². The average molecular weight is 222 g/mol. The number of hydrogen-bond acceptors (Lipinski definition) is 5. The third-order valence-corrected chi connectivity index (χ3v) is 1.91. The number of rotatable bonds is 2. The summed E-state index contributed by atoms with van der Waals surface area (Å²) >= 11 is 0. The van der Waals surface area contributed by atoms with E-state index in [9.17, 15) is 9.18 Å². The number of amides is 1. The van der Waals surface area contributed by atoms with Crippen molar-refractivity contribution in [3.63, 3.8) is 0 Å². The van der Waals surface area contributed by atoms with Crippen LogP contribution in [-0.2, 0) is 0 Å². The van der Waals surface area contributed by atoms with Gasteiger partial charge in [-0.15, -0.1) is 0 Å². The van der Waals surface area contributed by atoms with Crippen LogP contribution in [-0.4, -0.2) is 16.0 Å². The SMILES string of the molecule is NC(=O)c1noc(-c2c(N)cccc2F)n1. The molecule has 0 radical (unpaired) electrons. The van der Waals surface area contributed by atoms with Gasteiger partial charge in [-0.25, -0.2) is 4.39 Å². The molecule has 0 aliphatic carbocycles. The summed E-state index contributed by atoms with van der Waals surface area (Å²) in [6.07, 6.45) is 0. The van der Waals surface area contributed by atoms with Gasteiger partial charge >= 0.3 is 0 Å². The summed E-state index contributed by atoms with van der Waals surface area (Å²) in [6, 6.07) is 4.12. The maximum absolute atomic E-state index is 13.4. The van der Waals surface area contributed by atoms with Gasteiger partial charge < -0.3 is 16.0 Å². The molecule has 2 aromatic rings. The summed E-state index contributed by atoms with van der Waals surface area (Å²) in [5.41, 5.74) is 10.6. The molecular weight excluding hydrogens is 215 g/mol. The van der Waals surface area contributed by atoms with Gasteiger partial charge in [0.25, 0.3) is 17.6 Å². The molecule has 7 heteroatoms. The highest BCUT2D eigenvalue weighted by atomic mass is 19.1. The molecule has 0 fully saturated rings. The highest BCUT2D eigenvalue weighted by Gasteiger charge is 2.18. The first-order valence-corrected chi connectivity index (χ1v) is 4.27. The lowest BCUT2D eigenvalue weighted by atomic mass is 10.1. The number of nitrogen functional groups attached to an aromatic ring is 1. The molecule has 0 bridgehead atoms. The Morgan fingerprint density at radius 1 is 1.44 bits per heavy atom. The van der Waals surface area contributed by atoms with Gasteiger partial charge in [0.05, 0.1) is 5.56 Å². The van der Waals surface area contributed by atoms with Crippen LogP contribution in [0.4, 0.5) is 10.1 Å². The van der Waals surface area contributed by atoms with E-state index in [1.807, 2.05) is 0 Å². The Morgan fingerprint density at radius 3 is 2.75 bits per heavy atom. The maximum Gasteiger partial charge on any atom is 0.290 e. The number of anilines is 1. The number of halogens is 1. The molecule has 0 spiro atoms. The molecule has 0 aliphatic rings. The number of carbonyl (C=O) groups excluding carboxylic acids is 1. The third-order valence-electron chi connectivity index (χ3n) is 1.91. The van der Waals surface area contributed by atoms with Crippen LogP contribution in [0.15, 0.2) is 22.7 Å². The topological polar surface area (TPSA) is 108 Å². The molecule has 1 heterocycles. The van der Waals surface area contributed by atoms with E-state index in [4.69, 9.17) is 16.0 Å². The summed E-state index contributed by atoms with van der Waals surface area (Å²) in [6.45, 7) is 0. The van der Waals surface area contributed by atoms with Crippen molar-refractivity contribution in [1.29, 1.82) is 0 Å². The predicted octanol–water partition coefficient (Wildman–Crippen LogP) is 0.557. The Hall–Kier alpha value is -2.44. The van der Waals surface area contributed by atoms with Gasteiger partial charge in [0.15, 0.2) is 0 Å². The van der Waals surface area contributed by atoms with Gasteiger partial charge in [-0.2, -0.15) is 4.98 Å². The van der Waals surface area contributed by atoms with Crippen LogP contribution in [0, 0.1) is 5.82 Å². The number of hydrogen-bond donors (Lipinski definition) is 2. The number of nitrogens with zero attached hydrogens (tertiary/aromatic N) is 2. The summed E-state index contributed by atoms with van der Waals surface area (Å²) in [5, 5.41) is 3.29. The number of primary amides is 1. The molecule has 4 N–H and O–H groups in total. The average Bonchev–Trinajstić information content (AvgIpc) is 2.66. The van der Waals surface area contributed by atoms with Crippen LogP contribution in [0.5, 0.6) is 0 Å². The van der Waals surface area contributed by atoms with Crippen molar-refractivity contribution >= 4 is 11.6 Å². The van der Waals surface area contributed by atoms with Crippen LogP contribution in [0.2, 0.25) is 0 Å². The minimum atomic E-state index is -0.857. The van der Waals surface area contributed by atoms with Gasteiger partial charge in [-0.1, -0.05) is 11.2 Å². The summed E-state index contributed by atoms with van der Waals surface area (Å²) in [4.78, 5) is 14.4. The molecular formula is C9H7FN4O2. The Kier molecular flexibility index (Phi) is 2.28. The first-order chi connectivity index (χ1) is 7.59. The highest BCUT2D eigenvalue weighted by Crippen LogP contribution is 2.26.